The molecule has 0 spiro atoms. The quantitative estimate of drug-likeness (QED) is 0.263. The monoisotopic (exact) mass is 362 g/mol. The van der Waals surface area contributed by atoms with Crippen LogP contribution in [0.25, 0.3) is 0 Å². The number of hydrogen-bond acceptors (Lipinski definition) is 7. The number of hydrogen-bond donors (Lipinski definition) is 4. The number of oxime groups is 1. The molecular weight excluding hydrogens is 343 g/mol. The fraction of sp³-hybridized carbons (Fsp3) is 0.375. The highest BCUT2D eigenvalue weighted by molar-refractivity contribution is 6.00. The lowest BCUT2D eigenvalue weighted by Crippen LogP contribution is -2.37. The molecular formula is C16H19FN6O3. The summed E-state index contributed by atoms with van der Waals surface area (Å²) in [4.78, 5) is 11.0. The fourth-order valence-electron chi connectivity index (χ4n) is 2.73. The average molecular weight is 362 g/mol. The molecule has 0 bridgehead atoms. The van der Waals surface area contributed by atoms with Crippen LogP contribution in [-0.2, 0) is 11.2 Å². The van der Waals surface area contributed by atoms with Crippen molar-refractivity contribution in [2.24, 2.45) is 5.16 Å². The van der Waals surface area contributed by atoms with Crippen LogP contribution in [0.3, 0.4) is 0 Å². The molecule has 0 fully saturated rings. The largest absolute Gasteiger partial charge is 0.409 e. The maximum Gasteiger partial charge on any atom is 0.216 e. The molecule has 4 N–H and O–H groups in total. The van der Waals surface area contributed by atoms with Gasteiger partial charge in [0.05, 0.1) is 6.04 Å². The molecule has 9 nitrogen and oxygen atoms in total. The molecule has 0 saturated heterocycles. The van der Waals surface area contributed by atoms with Gasteiger partial charge in [-0.15, -0.1) is 0 Å². The Morgan fingerprint density at radius 3 is 3.04 bits per heavy atom. The Hall–Kier alpha value is -3.17. The standard InChI is InChI=1S/C16H19FN6O3/c1-8(7-18-9(2)24)19-16-14(22-26-23-16)15(21-25)20-13-5-10-3-4-11(17)6-12(10)13/h3-4,6,8,13,25H,5,7H2,1-2H3,(H,18,24)(H,19,23)(H,20,21)/t8?,13-/m0/s1. The van der Waals surface area contributed by atoms with Crippen molar-refractivity contribution in [3.63, 3.8) is 0 Å². The lowest BCUT2D eigenvalue weighted by Gasteiger charge is -2.31. The van der Waals surface area contributed by atoms with E-state index in [1.807, 2.05) is 6.92 Å². The van der Waals surface area contributed by atoms with Crippen LogP contribution in [0.2, 0.25) is 0 Å². The molecule has 1 heterocycles. The number of benzene rings is 1. The van der Waals surface area contributed by atoms with Gasteiger partial charge in [-0.25, -0.2) is 9.02 Å². The molecule has 0 radical (unpaired) electrons. The molecule has 1 aliphatic carbocycles. The van der Waals surface area contributed by atoms with E-state index in [-0.39, 0.29) is 41.2 Å². The first-order valence-corrected chi connectivity index (χ1v) is 8.08. The van der Waals surface area contributed by atoms with Crippen molar-refractivity contribution < 1.29 is 19.0 Å². The summed E-state index contributed by atoms with van der Waals surface area (Å²) >= 11 is 0. The van der Waals surface area contributed by atoms with Gasteiger partial charge in [-0.3, -0.25) is 4.79 Å². The zero-order chi connectivity index (χ0) is 18.7. The van der Waals surface area contributed by atoms with Crippen molar-refractivity contribution in [1.29, 1.82) is 0 Å². The maximum atomic E-state index is 13.4. The molecule has 26 heavy (non-hydrogen) atoms. The summed E-state index contributed by atoms with van der Waals surface area (Å²) < 4.78 is 18.1. The molecule has 138 valence electrons. The zero-order valence-electron chi connectivity index (χ0n) is 14.3. The first-order chi connectivity index (χ1) is 12.5. The molecule has 1 amide bonds. The zero-order valence-corrected chi connectivity index (χ0v) is 14.3. The van der Waals surface area contributed by atoms with Gasteiger partial charge in [0, 0.05) is 19.5 Å². The molecule has 1 aliphatic rings. The Balaban J connectivity index is 1.68. The van der Waals surface area contributed by atoms with Gasteiger partial charge in [0.15, 0.2) is 11.5 Å². The topological polar surface area (TPSA) is 125 Å². The maximum absolute atomic E-state index is 13.4. The highest BCUT2D eigenvalue weighted by Crippen LogP contribution is 2.33. The second-order valence-corrected chi connectivity index (χ2v) is 6.14. The van der Waals surface area contributed by atoms with E-state index in [4.69, 9.17) is 4.63 Å². The van der Waals surface area contributed by atoms with Gasteiger partial charge in [0.1, 0.15) is 5.82 Å². The number of amides is 1. The molecule has 2 atom stereocenters. The van der Waals surface area contributed by atoms with E-state index in [0.717, 1.165) is 11.1 Å². The Kier molecular flexibility index (Phi) is 5.01. The third-order valence-electron chi connectivity index (χ3n) is 4.07. The highest BCUT2D eigenvalue weighted by Gasteiger charge is 2.30. The number of fused-ring (bicyclic) bond motifs is 1. The van der Waals surface area contributed by atoms with Crippen LogP contribution in [0, 0.1) is 5.82 Å². The van der Waals surface area contributed by atoms with Crippen molar-refractivity contribution in [2.45, 2.75) is 32.4 Å². The van der Waals surface area contributed by atoms with Gasteiger partial charge in [-0.1, -0.05) is 11.2 Å². The van der Waals surface area contributed by atoms with Crippen molar-refractivity contribution in [2.75, 3.05) is 11.9 Å². The second-order valence-electron chi connectivity index (χ2n) is 6.14. The van der Waals surface area contributed by atoms with Gasteiger partial charge in [0.25, 0.3) is 0 Å². The minimum atomic E-state index is -0.324. The number of aromatic nitrogens is 2. The highest BCUT2D eigenvalue weighted by atomic mass is 19.1. The first kappa shape index (κ1) is 17.6. The number of halogens is 1. The number of amidine groups is 1. The average Bonchev–Trinajstić information content (AvgIpc) is 3.04. The molecule has 3 rings (SSSR count). The summed E-state index contributed by atoms with van der Waals surface area (Å²) in [5.74, 6) is -0.148. The number of anilines is 1. The van der Waals surface area contributed by atoms with Crippen LogP contribution in [0.5, 0.6) is 0 Å². The normalized spacial score (nSPS) is 17.0. The molecule has 10 heteroatoms. The van der Waals surface area contributed by atoms with E-state index < -0.39 is 0 Å². The van der Waals surface area contributed by atoms with E-state index >= 15 is 0 Å². The summed E-state index contributed by atoms with van der Waals surface area (Å²) in [7, 11) is 0. The smallest absolute Gasteiger partial charge is 0.216 e. The number of nitrogens with zero attached hydrogens (tertiary/aromatic N) is 3. The van der Waals surface area contributed by atoms with Crippen LogP contribution in [0.15, 0.2) is 28.0 Å². The fourth-order valence-corrected chi connectivity index (χ4v) is 2.73. The molecule has 0 aliphatic heterocycles. The van der Waals surface area contributed by atoms with Gasteiger partial charge in [-0.2, -0.15) is 0 Å². The Bertz CT molecular complexity index is 837. The van der Waals surface area contributed by atoms with E-state index in [2.05, 4.69) is 31.4 Å². The molecule has 1 aromatic carbocycles. The Labute approximate surface area is 148 Å². The summed E-state index contributed by atoms with van der Waals surface area (Å²) in [5, 5.41) is 28.8. The minimum absolute atomic E-state index is 0.0559. The predicted octanol–water partition coefficient (Wildman–Crippen LogP) is 1.17. The SMILES string of the molecule is CC(=O)NCC(C)Nc1nonc1/C(=N/O)N[C@H]1Cc2ccc(F)cc21. The van der Waals surface area contributed by atoms with E-state index in [0.29, 0.717) is 13.0 Å². The van der Waals surface area contributed by atoms with Gasteiger partial charge in [-0.05, 0) is 46.9 Å². The van der Waals surface area contributed by atoms with Gasteiger partial charge >= 0.3 is 0 Å². The molecule has 1 unspecified atom stereocenters. The lowest BCUT2D eigenvalue weighted by molar-refractivity contribution is -0.118. The molecule has 2 aromatic rings. The third kappa shape index (κ3) is 3.73. The molecule has 0 saturated carbocycles. The van der Waals surface area contributed by atoms with Gasteiger partial charge < -0.3 is 21.2 Å². The van der Waals surface area contributed by atoms with E-state index in [1.165, 1.54) is 19.1 Å². The van der Waals surface area contributed by atoms with Crippen molar-refractivity contribution >= 4 is 17.6 Å². The van der Waals surface area contributed by atoms with Gasteiger partial charge in [0.2, 0.25) is 11.7 Å². The summed E-state index contributed by atoms with van der Waals surface area (Å²) in [5.41, 5.74) is 2.02. The van der Waals surface area contributed by atoms with Crippen molar-refractivity contribution in [1.82, 2.24) is 20.9 Å². The van der Waals surface area contributed by atoms with Crippen LogP contribution >= 0.6 is 0 Å². The summed E-state index contributed by atoms with van der Waals surface area (Å²) in [6, 6.07) is 4.22. The summed E-state index contributed by atoms with van der Waals surface area (Å²) in [6.45, 7) is 3.63. The van der Waals surface area contributed by atoms with E-state index in [1.54, 1.807) is 6.07 Å². The number of nitrogens with one attached hydrogen (secondary N) is 3. The third-order valence-corrected chi connectivity index (χ3v) is 4.07. The number of carbonyl (C=O) groups is 1. The summed E-state index contributed by atoms with van der Waals surface area (Å²) in [6.07, 6.45) is 0.668. The van der Waals surface area contributed by atoms with Crippen molar-refractivity contribution in [3.05, 3.63) is 40.8 Å². The van der Waals surface area contributed by atoms with Crippen LogP contribution < -0.4 is 16.0 Å². The van der Waals surface area contributed by atoms with Crippen LogP contribution in [-0.4, -0.2) is 39.8 Å². The molecule has 1 aromatic heterocycles. The predicted molar refractivity (Wildman–Crippen MR) is 90.4 cm³/mol. The van der Waals surface area contributed by atoms with Crippen LogP contribution in [0.4, 0.5) is 10.2 Å². The van der Waals surface area contributed by atoms with Crippen LogP contribution in [0.1, 0.15) is 36.7 Å². The number of rotatable bonds is 6. The van der Waals surface area contributed by atoms with Crippen molar-refractivity contribution in [3.8, 4) is 0 Å². The Morgan fingerprint density at radius 1 is 1.50 bits per heavy atom. The number of carbonyl (C=O) groups excluding carboxylic acids is 1. The second kappa shape index (κ2) is 7.38. The lowest BCUT2D eigenvalue weighted by atomic mass is 9.83. The van der Waals surface area contributed by atoms with E-state index in [9.17, 15) is 14.4 Å². The first-order valence-electron chi connectivity index (χ1n) is 8.08. The minimum Gasteiger partial charge on any atom is -0.409 e. The Morgan fingerprint density at radius 2 is 2.31 bits per heavy atom.